The van der Waals surface area contributed by atoms with Crippen molar-refractivity contribution >= 4 is 16.8 Å². The highest BCUT2D eigenvalue weighted by Crippen LogP contribution is 2.11. The number of H-pyrrole nitrogens is 1. The van der Waals surface area contributed by atoms with Gasteiger partial charge >= 0.3 is 0 Å². The minimum Gasteiger partial charge on any atom is -0.375 e. The lowest BCUT2D eigenvalue weighted by Gasteiger charge is -2.10. The molecule has 10 heteroatoms. The van der Waals surface area contributed by atoms with Crippen molar-refractivity contribution in [3.05, 3.63) is 49.9 Å². The topological polar surface area (TPSA) is 124 Å². The van der Waals surface area contributed by atoms with Gasteiger partial charge < -0.3 is 4.74 Å². The van der Waals surface area contributed by atoms with Crippen molar-refractivity contribution in [2.24, 2.45) is 0 Å². The molecule has 0 aliphatic heterocycles. The summed E-state index contributed by atoms with van der Waals surface area (Å²) in [7, 11) is 1.37. The van der Waals surface area contributed by atoms with Crippen molar-refractivity contribution in [3.63, 3.8) is 0 Å². The lowest BCUT2D eigenvalue weighted by atomic mass is 10.2. The number of fused-ring (bicyclic) bond motifs is 1. The average Bonchev–Trinajstić information content (AvgIpc) is 2.87. The third-order valence-corrected chi connectivity index (χ3v) is 3.79. The Morgan fingerprint density at radius 2 is 1.85 bits per heavy atom. The quantitative estimate of drug-likeness (QED) is 0.672. The summed E-state index contributed by atoms with van der Waals surface area (Å²) in [5.41, 5.74) is 3.55. The van der Waals surface area contributed by atoms with Crippen molar-refractivity contribution in [3.8, 4) is 5.95 Å². The van der Waals surface area contributed by atoms with E-state index >= 15 is 0 Å². The van der Waals surface area contributed by atoms with Gasteiger partial charge in [0.25, 0.3) is 23.0 Å². The summed E-state index contributed by atoms with van der Waals surface area (Å²) in [4.78, 5) is 45.4. The molecule has 0 fully saturated rings. The highest BCUT2D eigenvalue weighted by Gasteiger charge is 2.17. The fraction of sp³-hybridized carbons (Fsp3) is 0.312. The van der Waals surface area contributed by atoms with E-state index in [9.17, 15) is 14.4 Å². The first kappa shape index (κ1) is 17.5. The summed E-state index contributed by atoms with van der Waals surface area (Å²) < 4.78 is 6.93. The van der Waals surface area contributed by atoms with Gasteiger partial charge in [0.05, 0.1) is 16.6 Å². The van der Waals surface area contributed by atoms with Crippen LogP contribution in [0.5, 0.6) is 0 Å². The van der Waals surface area contributed by atoms with E-state index in [2.05, 4.69) is 20.5 Å². The van der Waals surface area contributed by atoms with Crippen LogP contribution in [0, 0.1) is 20.8 Å². The molecule has 0 saturated carbocycles. The Balaban J connectivity index is 2.21. The normalized spacial score (nSPS) is 11.1. The molecule has 1 amide bonds. The van der Waals surface area contributed by atoms with Crippen LogP contribution < -0.4 is 16.5 Å². The van der Waals surface area contributed by atoms with Crippen LogP contribution in [0.1, 0.15) is 17.1 Å². The molecule has 0 saturated heterocycles. The van der Waals surface area contributed by atoms with E-state index in [0.29, 0.717) is 22.6 Å². The van der Waals surface area contributed by atoms with E-state index in [1.165, 1.54) is 17.9 Å². The van der Waals surface area contributed by atoms with Crippen molar-refractivity contribution in [1.82, 2.24) is 24.4 Å². The first-order valence-electron chi connectivity index (χ1n) is 7.80. The lowest BCUT2D eigenvalue weighted by Crippen LogP contribution is -2.36. The highest BCUT2D eigenvalue weighted by molar-refractivity contribution is 5.86. The molecular weight excluding hydrogens is 340 g/mol. The molecule has 0 bridgehead atoms. The van der Waals surface area contributed by atoms with Gasteiger partial charge in [-0.2, -0.15) is 4.68 Å². The molecule has 3 rings (SSSR count). The number of hydrogen-bond acceptors (Lipinski definition) is 6. The zero-order chi connectivity index (χ0) is 19.0. The van der Waals surface area contributed by atoms with Gasteiger partial charge in [-0.15, -0.1) is 0 Å². The number of aromatic amines is 1. The number of pyridine rings is 1. The number of ether oxygens (including phenoxy) is 1. The predicted octanol–water partition coefficient (Wildman–Crippen LogP) is -0.0877. The Kier molecular flexibility index (Phi) is 4.43. The van der Waals surface area contributed by atoms with Gasteiger partial charge in [0.1, 0.15) is 6.61 Å². The Morgan fingerprint density at radius 3 is 2.46 bits per heavy atom. The third-order valence-electron chi connectivity index (χ3n) is 3.79. The van der Waals surface area contributed by atoms with Crippen LogP contribution in [0.2, 0.25) is 0 Å². The molecule has 0 radical (unpaired) electrons. The maximum Gasteiger partial charge on any atom is 0.283 e. The van der Waals surface area contributed by atoms with Crippen LogP contribution >= 0.6 is 0 Å². The van der Waals surface area contributed by atoms with Gasteiger partial charge in [-0.25, -0.2) is 14.6 Å². The van der Waals surface area contributed by atoms with E-state index in [4.69, 9.17) is 4.74 Å². The summed E-state index contributed by atoms with van der Waals surface area (Å²) in [6.07, 6.45) is 0. The molecule has 136 valence electrons. The SMILES string of the molecule is COCC(=O)Nn1c(C)c2c(=O)n(-c3nc(C)cc(C)n3)[nH]c2cc1=O. The van der Waals surface area contributed by atoms with Crippen molar-refractivity contribution in [2.75, 3.05) is 19.1 Å². The second-order valence-corrected chi connectivity index (χ2v) is 5.86. The average molecular weight is 358 g/mol. The number of aryl methyl sites for hydroxylation is 3. The Labute approximate surface area is 147 Å². The van der Waals surface area contributed by atoms with Crippen molar-refractivity contribution < 1.29 is 9.53 Å². The third kappa shape index (κ3) is 3.02. The molecule has 0 aromatic carbocycles. The maximum atomic E-state index is 12.8. The number of hydrogen-bond donors (Lipinski definition) is 2. The van der Waals surface area contributed by atoms with Gasteiger partial charge in [0.2, 0.25) is 0 Å². The van der Waals surface area contributed by atoms with Crippen molar-refractivity contribution in [2.45, 2.75) is 20.8 Å². The summed E-state index contributed by atoms with van der Waals surface area (Å²) >= 11 is 0. The molecule has 26 heavy (non-hydrogen) atoms. The standard InChI is InChI=1S/C16H18N6O4/c1-8-5-9(2)18-16(17-8)22-15(25)14-10(3)21(20-12(23)7-26-4)13(24)6-11(14)19-22/h5-6,19H,7H2,1-4H3,(H,20,23). The second kappa shape index (κ2) is 6.56. The Bertz CT molecular complexity index is 1100. The molecule has 0 atom stereocenters. The number of amides is 1. The van der Waals surface area contributed by atoms with Crippen LogP contribution in [0.25, 0.3) is 16.9 Å². The van der Waals surface area contributed by atoms with Gasteiger partial charge in [-0.05, 0) is 26.8 Å². The van der Waals surface area contributed by atoms with E-state index in [1.54, 1.807) is 26.8 Å². The molecule has 0 spiro atoms. The molecule has 0 aliphatic rings. The monoisotopic (exact) mass is 358 g/mol. The Morgan fingerprint density at radius 1 is 1.19 bits per heavy atom. The second-order valence-electron chi connectivity index (χ2n) is 5.86. The fourth-order valence-electron chi connectivity index (χ4n) is 2.75. The lowest BCUT2D eigenvalue weighted by molar-refractivity contribution is -0.120. The van der Waals surface area contributed by atoms with E-state index < -0.39 is 17.0 Å². The number of methoxy groups -OCH3 is 1. The zero-order valence-electron chi connectivity index (χ0n) is 14.8. The molecular formula is C16H18N6O4. The van der Waals surface area contributed by atoms with Crippen LogP contribution in [-0.4, -0.2) is 44.0 Å². The van der Waals surface area contributed by atoms with E-state index in [1.807, 2.05) is 0 Å². The largest absolute Gasteiger partial charge is 0.375 e. The van der Waals surface area contributed by atoms with Crippen molar-refractivity contribution in [1.29, 1.82) is 0 Å². The molecule has 3 aromatic heterocycles. The van der Waals surface area contributed by atoms with Crippen LogP contribution in [0.4, 0.5) is 0 Å². The van der Waals surface area contributed by atoms with E-state index in [-0.39, 0.29) is 17.9 Å². The van der Waals surface area contributed by atoms with Gasteiger partial charge in [0.15, 0.2) is 0 Å². The smallest absolute Gasteiger partial charge is 0.283 e. The summed E-state index contributed by atoms with van der Waals surface area (Å²) in [6.45, 7) is 4.95. The first-order chi connectivity index (χ1) is 12.3. The molecule has 10 nitrogen and oxygen atoms in total. The number of aromatic nitrogens is 5. The Hall–Kier alpha value is -3.27. The number of rotatable bonds is 4. The van der Waals surface area contributed by atoms with Gasteiger partial charge in [-0.1, -0.05) is 0 Å². The highest BCUT2D eigenvalue weighted by atomic mass is 16.5. The minimum absolute atomic E-state index is 0.186. The predicted molar refractivity (Wildman–Crippen MR) is 94.2 cm³/mol. The molecule has 0 aliphatic carbocycles. The van der Waals surface area contributed by atoms with Crippen LogP contribution in [0.3, 0.4) is 0 Å². The molecule has 2 N–H and O–H groups in total. The van der Waals surface area contributed by atoms with Gasteiger partial charge in [0, 0.05) is 24.6 Å². The number of carbonyl (C=O) groups excluding carboxylic acids is 1. The van der Waals surface area contributed by atoms with Crippen LogP contribution in [-0.2, 0) is 9.53 Å². The minimum atomic E-state index is -0.509. The van der Waals surface area contributed by atoms with Crippen LogP contribution in [0.15, 0.2) is 21.7 Å². The number of nitrogens with zero attached hydrogens (tertiary/aromatic N) is 4. The molecule has 3 aromatic rings. The summed E-state index contributed by atoms with van der Waals surface area (Å²) in [6, 6.07) is 3.02. The number of nitrogens with one attached hydrogen (secondary N) is 2. The first-order valence-corrected chi connectivity index (χ1v) is 7.80. The van der Waals surface area contributed by atoms with Gasteiger partial charge in [-0.3, -0.25) is 24.9 Å². The molecule has 3 heterocycles. The zero-order valence-corrected chi connectivity index (χ0v) is 14.8. The summed E-state index contributed by atoms with van der Waals surface area (Å²) in [5, 5.41) is 3.11. The maximum absolute atomic E-state index is 12.8. The number of carbonyl (C=O) groups is 1. The van der Waals surface area contributed by atoms with E-state index in [0.717, 1.165) is 4.68 Å². The molecule has 0 unspecified atom stereocenters. The fourth-order valence-corrected chi connectivity index (χ4v) is 2.75. The summed E-state index contributed by atoms with van der Waals surface area (Å²) in [5.74, 6) is -0.323.